The van der Waals surface area contributed by atoms with Crippen molar-refractivity contribution in [1.29, 1.82) is 0 Å². The third-order valence-corrected chi connectivity index (χ3v) is 7.89. The number of carbonyl (C=O) groups excluding carboxylic acids is 2. The monoisotopic (exact) mass is 448 g/mol. The quantitative estimate of drug-likeness (QED) is 0.265. The summed E-state index contributed by atoms with van der Waals surface area (Å²) in [5.74, 6) is 1.20. The molecule has 30 heavy (non-hydrogen) atoms. The van der Waals surface area contributed by atoms with E-state index in [1.165, 1.54) is 0 Å². The normalized spacial score (nSPS) is 12.9. The Kier molecular flexibility index (Phi) is 9.35. The molecular formula is C23H29O5PS. The van der Waals surface area contributed by atoms with Gasteiger partial charge in [0.15, 0.2) is 0 Å². The molecule has 0 saturated heterocycles. The summed E-state index contributed by atoms with van der Waals surface area (Å²) < 4.78 is 24.1. The van der Waals surface area contributed by atoms with Crippen LogP contribution in [0.2, 0.25) is 0 Å². The number of benzene rings is 2. The Balaban J connectivity index is 2.20. The molecule has 0 amide bonds. The fourth-order valence-electron chi connectivity index (χ4n) is 3.26. The molecule has 2 rings (SSSR count). The van der Waals surface area contributed by atoms with Crippen LogP contribution in [0, 0.1) is 13.8 Å². The molecule has 0 spiro atoms. The summed E-state index contributed by atoms with van der Waals surface area (Å²) in [5, 5.41) is 0.411. The van der Waals surface area contributed by atoms with Crippen molar-refractivity contribution in [3.63, 3.8) is 0 Å². The smallest absolute Gasteiger partial charge is 0.306 e. The maximum absolute atomic E-state index is 13.6. The van der Waals surface area contributed by atoms with Gasteiger partial charge in [0.2, 0.25) is 0 Å². The van der Waals surface area contributed by atoms with Crippen molar-refractivity contribution in [1.82, 2.24) is 0 Å². The summed E-state index contributed by atoms with van der Waals surface area (Å²) in [6, 6.07) is 12.6. The molecule has 0 aliphatic heterocycles. The van der Waals surface area contributed by atoms with Crippen molar-refractivity contribution in [3.05, 3.63) is 64.7 Å². The minimum Gasteiger partial charge on any atom is -0.466 e. The molecular weight excluding hydrogens is 419 g/mol. The molecule has 0 saturated carbocycles. The van der Waals surface area contributed by atoms with Gasteiger partial charge in [0.25, 0.3) is 5.52 Å². The summed E-state index contributed by atoms with van der Waals surface area (Å²) >= 11 is 1.64. The number of hydrogen-bond acceptors (Lipinski definition) is 6. The Labute approximate surface area is 183 Å². The first kappa shape index (κ1) is 24.4. The number of ether oxygens (including phenoxy) is 1. The zero-order valence-corrected chi connectivity index (χ0v) is 19.7. The van der Waals surface area contributed by atoms with Gasteiger partial charge < -0.3 is 9.26 Å². The zero-order valence-electron chi connectivity index (χ0n) is 18.0. The maximum atomic E-state index is 13.6. The van der Waals surface area contributed by atoms with E-state index in [0.717, 1.165) is 22.4 Å². The van der Waals surface area contributed by atoms with E-state index in [4.69, 9.17) is 9.26 Å². The molecule has 0 bridgehead atoms. The lowest BCUT2D eigenvalue weighted by Crippen LogP contribution is -2.17. The molecule has 0 aliphatic carbocycles. The third kappa shape index (κ3) is 6.07. The molecule has 0 aliphatic rings. The number of carbonyl (C=O) groups is 2. The minimum atomic E-state index is -3.69. The van der Waals surface area contributed by atoms with Gasteiger partial charge in [-0.05, 0) is 56.5 Å². The average Bonchev–Trinajstić information content (AvgIpc) is 2.71. The minimum absolute atomic E-state index is 0.186. The highest BCUT2D eigenvalue weighted by Gasteiger charge is 2.37. The van der Waals surface area contributed by atoms with Crippen LogP contribution in [0.3, 0.4) is 0 Å². The van der Waals surface area contributed by atoms with E-state index in [0.29, 0.717) is 29.6 Å². The third-order valence-electron chi connectivity index (χ3n) is 4.51. The van der Waals surface area contributed by atoms with Crippen LogP contribution in [0.5, 0.6) is 0 Å². The van der Waals surface area contributed by atoms with Crippen LogP contribution in [-0.4, -0.2) is 30.5 Å². The number of hydrogen-bond donors (Lipinski definition) is 0. The summed E-state index contributed by atoms with van der Waals surface area (Å²) in [6.45, 7) is 7.82. The second kappa shape index (κ2) is 11.5. The van der Waals surface area contributed by atoms with Gasteiger partial charge in [0.1, 0.15) is 0 Å². The van der Waals surface area contributed by atoms with Crippen LogP contribution in [0.4, 0.5) is 0 Å². The molecule has 0 aromatic heterocycles. The molecule has 162 valence electrons. The first-order chi connectivity index (χ1) is 14.3. The van der Waals surface area contributed by atoms with E-state index in [9.17, 15) is 14.2 Å². The largest absolute Gasteiger partial charge is 0.466 e. The molecule has 1 unspecified atom stereocenters. The van der Waals surface area contributed by atoms with E-state index in [2.05, 4.69) is 0 Å². The summed E-state index contributed by atoms with van der Waals surface area (Å²) in [4.78, 5) is 24.8. The Morgan fingerprint density at radius 2 is 1.63 bits per heavy atom. The van der Waals surface area contributed by atoms with Crippen molar-refractivity contribution >= 4 is 35.9 Å². The van der Waals surface area contributed by atoms with Gasteiger partial charge in [-0.2, -0.15) is 11.8 Å². The molecule has 2 aromatic rings. The van der Waals surface area contributed by atoms with Crippen LogP contribution in [0.15, 0.2) is 42.5 Å². The first-order valence-corrected chi connectivity index (χ1v) is 12.8. The summed E-state index contributed by atoms with van der Waals surface area (Å²) in [7, 11) is -3.69. The maximum Gasteiger partial charge on any atom is 0.306 e. The molecule has 7 heteroatoms. The van der Waals surface area contributed by atoms with Crippen LogP contribution in [0.25, 0.3) is 0 Å². The molecule has 0 N–H and O–H groups in total. The lowest BCUT2D eigenvalue weighted by Gasteiger charge is -2.20. The van der Waals surface area contributed by atoms with E-state index >= 15 is 0 Å². The van der Waals surface area contributed by atoms with Crippen LogP contribution >= 0.6 is 19.1 Å². The lowest BCUT2D eigenvalue weighted by atomic mass is 10.0. The predicted octanol–water partition coefficient (Wildman–Crippen LogP) is 5.27. The number of aryl methyl sites for hydroxylation is 2. The number of esters is 1. The molecule has 0 fully saturated rings. The van der Waals surface area contributed by atoms with E-state index in [-0.39, 0.29) is 12.6 Å². The van der Waals surface area contributed by atoms with Gasteiger partial charge >= 0.3 is 13.3 Å². The van der Waals surface area contributed by atoms with Crippen LogP contribution in [-0.2, 0) is 24.4 Å². The van der Waals surface area contributed by atoms with E-state index in [1.807, 2.05) is 32.0 Å². The van der Waals surface area contributed by atoms with E-state index in [1.54, 1.807) is 49.9 Å². The Morgan fingerprint density at radius 1 is 1.00 bits per heavy atom. The van der Waals surface area contributed by atoms with Gasteiger partial charge in [-0.15, -0.1) is 0 Å². The SMILES string of the molecule is CCOC(=O)CCSCc1cc(C)c(C(=O)P(=O)(OCC)c2ccccc2)c(C)c1. The van der Waals surface area contributed by atoms with E-state index < -0.39 is 12.9 Å². The predicted molar refractivity (Wildman–Crippen MR) is 123 cm³/mol. The lowest BCUT2D eigenvalue weighted by molar-refractivity contribution is -0.142. The van der Waals surface area contributed by atoms with Gasteiger partial charge in [-0.25, -0.2) is 0 Å². The standard InChI is InChI=1S/C23H29O5PS/c1-5-27-21(24)12-13-30-16-19-14-17(3)22(18(4)15-19)23(25)29(26,28-6-2)20-10-8-7-9-11-20/h7-11,14-15H,5-6,12-13,16H2,1-4H3. The van der Waals surface area contributed by atoms with Gasteiger partial charge in [-0.1, -0.05) is 30.3 Å². The van der Waals surface area contributed by atoms with Gasteiger partial charge in [0, 0.05) is 22.4 Å². The van der Waals surface area contributed by atoms with Crippen molar-refractivity contribution < 1.29 is 23.4 Å². The molecule has 5 nitrogen and oxygen atoms in total. The van der Waals surface area contributed by atoms with Gasteiger partial charge in [-0.3, -0.25) is 14.2 Å². The molecule has 0 heterocycles. The van der Waals surface area contributed by atoms with Crippen molar-refractivity contribution in [2.24, 2.45) is 0 Å². The number of rotatable bonds is 11. The van der Waals surface area contributed by atoms with Crippen molar-refractivity contribution in [2.45, 2.75) is 39.9 Å². The highest BCUT2D eigenvalue weighted by molar-refractivity contribution is 7.98. The highest BCUT2D eigenvalue weighted by atomic mass is 32.2. The Hall–Kier alpha value is -1.88. The van der Waals surface area contributed by atoms with Crippen LogP contribution in [0.1, 0.15) is 47.3 Å². The zero-order chi connectivity index (χ0) is 22.1. The fourth-order valence-corrected chi connectivity index (χ4v) is 6.19. The molecule has 0 radical (unpaired) electrons. The van der Waals surface area contributed by atoms with Gasteiger partial charge in [0.05, 0.1) is 19.6 Å². The Bertz CT molecular complexity index is 903. The second-order valence-corrected chi connectivity index (χ2v) is 10.2. The Morgan fingerprint density at radius 3 is 2.20 bits per heavy atom. The van der Waals surface area contributed by atoms with Crippen molar-refractivity contribution in [2.75, 3.05) is 19.0 Å². The van der Waals surface area contributed by atoms with Crippen LogP contribution < -0.4 is 5.30 Å². The summed E-state index contributed by atoms with van der Waals surface area (Å²) in [6.07, 6.45) is 0.377. The highest BCUT2D eigenvalue weighted by Crippen LogP contribution is 2.50. The first-order valence-electron chi connectivity index (χ1n) is 10.0. The average molecular weight is 449 g/mol. The summed E-state index contributed by atoms with van der Waals surface area (Å²) in [5.41, 5.74) is 2.60. The molecule has 2 aromatic carbocycles. The number of thioether (sulfide) groups is 1. The topological polar surface area (TPSA) is 69.7 Å². The van der Waals surface area contributed by atoms with Crippen molar-refractivity contribution in [3.8, 4) is 0 Å². The second-order valence-electron chi connectivity index (χ2n) is 6.82. The molecule has 1 atom stereocenters. The fraction of sp³-hybridized carbons (Fsp3) is 0.391.